The molecule has 2 N–H and O–H groups in total. The van der Waals surface area contributed by atoms with Crippen molar-refractivity contribution in [2.45, 2.75) is 75.6 Å². The van der Waals surface area contributed by atoms with E-state index < -0.39 is 83.8 Å². The highest BCUT2D eigenvalue weighted by Crippen LogP contribution is 2.49. The molecule has 0 spiro atoms. The summed E-state index contributed by atoms with van der Waals surface area (Å²) in [6.45, 7) is -0.841. The third-order valence-corrected chi connectivity index (χ3v) is 8.63. The van der Waals surface area contributed by atoms with Gasteiger partial charge in [-0.1, -0.05) is 25.1 Å². The minimum Gasteiger partial charge on any atom is -0.478 e. The van der Waals surface area contributed by atoms with Crippen LogP contribution in [0, 0.1) is 11.3 Å². The molecule has 2 heterocycles. The summed E-state index contributed by atoms with van der Waals surface area (Å²) in [6.07, 6.45) is -11.1. The number of carboxylic acids is 1. The molecule has 2 atom stereocenters. The van der Waals surface area contributed by atoms with Crippen molar-refractivity contribution in [1.82, 2.24) is 24.9 Å². The van der Waals surface area contributed by atoms with Crippen LogP contribution < -0.4 is 0 Å². The van der Waals surface area contributed by atoms with Crippen LogP contribution in [-0.4, -0.2) is 84.6 Å². The van der Waals surface area contributed by atoms with Crippen LogP contribution in [0.2, 0.25) is 5.02 Å². The summed E-state index contributed by atoms with van der Waals surface area (Å²) < 4.78 is 124. The van der Waals surface area contributed by atoms with Gasteiger partial charge in [0.2, 0.25) is 0 Å². The van der Waals surface area contributed by atoms with Gasteiger partial charge in [0.15, 0.2) is 12.5 Å². The maximum Gasteiger partial charge on any atom is 0.510 e. The number of H-pyrrole nitrogens is 1. The number of aromatic amines is 1. The normalized spacial score (nSPS) is 17.9. The zero-order chi connectivity index (χ0) is 39.8. The van der Waals surface area contributed by atoms with E-state index in [1.807, 2.05) is 6.07 Å². The highest BCUT2D eigenvalue weighted by Gasteiger charge is 2.63. The number of esters is 1. The Labute approximate surface area is 309 Å². The Hall–Kier alpha value is -5.72. The molecule has 0 bridgehead atoms. The SMILES string of the molecule is C.N#CC1(N(COC(=O)O[C@H]2CCC[C@@H]2OC(=O)/C=C/C(=O)O)C(=O)c2cc(-c3cnn(-c4n[nH]c(C(F)(F)C(F)(F)F)c4C(F)(F)F)c3)ccc2Cl)CC1. The monoisotopic (exact) mass is 810 g/mol. The molecule has 2 aromatic heterocycles. The summed E-state index contributed by atoms with van der Waals surface area (Å²) in [4.78, 5) is 49.9. The average molecular weight is 811 g/mol. The van der Waals surface area contributed by atoms with Crippen molar-refractivity contribution in [2.24, 2.45) is 0 Å². The number of amides is 1. The zero-order valence-corrected chi connectivity index (χ0v) is 27.6. The van der Waals surface area contributed by atoms with E-state index >= 15 is 0 Å². The van der Waals surface area contributed by atoms with Crippen LogP contribution in [0.4, 0.5) is 39.9 Å². The molecule has 0 saturated heterocycles. The highest BCUT2D eigenvalue weighted by molar-refractivity contribution is 6.34. The Morgan fingerprint density at radius 1 is 1.05 bits per heavy atom. The number of benzene rings is 1. The molecule has 3 aromatic rings. The number of nitrogens with one attached hydrogen (secondary N) is 1. The van der Waals surface area contributed by atoms with Crippen molar-refractivity contribution >= 4 is 35.6 Å². The molecular formula is C32H27ClF8N6O8. The third-order valence-electron chi connectivity index (χ3n) is 8.30. The van der Waals surface area contributed by atoms with Crippen molar-refractivity contribution in [3.05, 3.63) is 64.6 Å². The van der Waals surface area contributed by atoms with Crippen LogP contribution in [0.5, 0.6) is 0 Å². The summed E-state index contributed by atoms with van der Waals surface area (Å²) in [7, 11) is 0. The second-order valence-corrected chi connectivity index (χ2v) is 12.3. The van der Waals surface area contributed by atoms with Crippen LogP contribution in [0.3, 0.4) is 0 Å². The summed E-state index contributed by atoms with van der Waals surface area (Å²) >= 11 is 6.30. The second kappa shape index (κ2) is 15.6. The lowest BCUT2D eigenvalue weighted by Gasteiger charge is -2.27. The van der Waals surface area contributed by atoms with Gasteiger partial charge in [-0.15, -0.1) is 0 Å². The topological polar surface area (TPSA) is 190 Å². The van der Waals surface area contributed by atoms with E-state index in [1.54, 1.807) is 0 Å². The smallest absolute Gasteiger partial charge is 0.478 e. The minimum atomic E-state index is -6.40. The number of nitriles is 1. The first-order chi connectivity index (χ1) is 25.2. The summed E-state index contributed by atoms with van der Waals surface area (Å²) in [6, 6.07) is 5.55. The number of carbonyl (C=O) groups excluding carboxylic acids is 3. The van der Waals surface area contributed by atoms with Crippen LogP contribution in [0.1, 0.15) is 61.1 Å². The number of carboxylic acid groups (broad SMARTS) is 1. The summed E-state index contributed by atoms with van der Waals surface area (Å²) in [5, 5.41) is 26.1. The van der Waals surface area contributed by atoms with Crippen molar-refractivity contribution in [3.8, 4) is 23.0 Å². The van der Waals surface area contributed by atoms with Crippen LogP contribution in [0.25, 0.3) is 16.9 Å². The Morgan fingerprint density at radius 3 is 2.29 bits per heavy atom. The Morgan fingerprint density at radius 2 is 1.71 bits per heavy atom. The summed E-state index contributed by atoms with van der Waals surface area (Å²) in [5.74, 6) is -10.7. The number of carbonyl (C=O) groups is 4. The van der Waals surface area contributed by atoms with E-state index in [2.05, 4.69) is 10.2 Å². The number of aromatic nitrogens is 4. The largest absolute Gasteiger partial charge is 0.510 e. The molecule has 55 heavy (non-hydrogen) atoms. The molecule has 0 unspecified atom stereocenters. The average Bonchev–Trinajstić information content (AvgIpc) is 3.40. The fraction of sp³-hybridized carbons (Fsp3) is 0.406. The quantitative estimate of drug-likeness (QED) is 0.0883. The van der Waals surface area contributed by atoms with Crippen LogP contribution in [-0.2, 0) is 35.9 Å². The van der Waals surface area contributed by atoms with E-state index in [-0.39, 0.29) is 54.8 Å². The Kier molecular flexibility index (Phi) is 11.9. The molecular weight excluding hydrogens is 784 g/mol. The molecule has 0 aliphatic heterocycles. The number of alkyl halides is 8. The first kappa shape index (κ1) is 42.0. The van der Waals surface area contributed by atoms with E-state index in [0.29, 0.717) is 23.3 Å². The fourth-order valence-corrected chi connectivity index (χ4v) is 5.64. The number of halogens is 9. The van der Waals surface area contributed by atoms with Gasteiger partial charge in [-0.05, 0) is 49.8 Å². The number of nitrogens with zero attached hydrogens (tertiary/aromatic N) is 5. The molecule has 5 rings (SSSR count). The number of aliphatic carboxylic acids is 1. The summed E-state index contributed by atoms with van der Waals surface area (Å²) in [5.41, 5.74) is -6.79. The predicted octanol–water partition coefficient (Wildman–Crippen LogP) is 6.94. The van der Waals surface area contributed by atoms with Crippen LogP contribution in [0.15, 0.2) is 42.7 Å². The predicted molar refractivity (Wildman–Crippen MR) is 168 cm³/mol. The highest BCUT2D eigenvalue weighted by atomic mass is 35.5. The first-order valence-electron chi connectivity index (χ1n) is 15.3. The zero-order valence-electron chi connectivity index (χ0n) is 26.9. The van der Waals surface area contributed by atoms with E-state index in [0.717, 1.165) is 28.5 Å². The van der Waals surface area contributed by atoms with Gasteiger partial charge in [-0.25, -0.2) is 19.1 Å². The number of hydrogen-bond donors (Lipinski definition) is 2. The molecule has 1 amide bonds. The van der Waals surface area contributed by atoms with Gasteiger partial charge in [-0.2, -0.15) is 50.6 Å². The van der Waals surface area contributed by atoms with Gasteiger partial charge in [0.25, 0.3) is 5.91 Å². The third kappa shape index (κ3) is 8.82. The van der Waals surface area contributed by atoms with E-state index in [1.165, 1.54) is 12.1 Å². The van der Waals surface area contributed by atoms with Gasteiger partial charge in [0.1, 0.15) is 29.0 Å². The maximum absolute atomic E-state index is 14.0. The lowest BCUT2D eigenvalue weighted by molar-refractivity contribution is -0.292. The van der Waals surface area contributed by atoms with E-state index in [9.17, 15) is 59.6 Å². The fourth-order valence-electron chi connectivity index (χ4n) is 5.44. The van der Waals surface area contributed by atoms with Crippen LogP contribution >= 0.6 is 11.6 Å². The van der Waals surface area contributed by atoms with Gasteiger partial charge in [0, 0.05) is 23.9 Å². The first-order valence-corrected chi connectivity index (χ1v) is 15.7. The van der Waals surface area contributed by atoms with Crippen molar-refractivity contribution in [3.63, 3.8) is 0 Å². The number of hydrogen-bond acceptors (Lipinski definition) is 10. The molecule has 296 valence electrons. The van der Waals surface area contributed by atoms with Gasteiger partial charge >= 0.3 is 36.4 Å². The minimum absolute atomic E-state index is 0. The second-order valence-electron chi connectivity index (χ2n) is 11.9. The lowest BCUT2D eigenvalue weighted by Crippen LogP contribution is -2.44. The number of rotatable bonds is 11. The molecule has 1 aromatic carbocycles. The number of ether oxygens (including phenoxy) is 3. The van der Waals surface area contributed by atoms with Crippen molar-refractivity contribution in [2.75, 3.05) is 6.73 Å². The molecule has 23 heteroatoms. The molecule has 2 fully saturated rings. The maximum atomic E-state index is 14.0. The standard InChI is InChI=1S/C31H23ClF8N6O8.CH4/c32-18-5-4-15(16-11-42-46(12-16)25-23(30(35,36)37)24(43-44-25)29(33,34)31(38,39)40)10-17(18)26(50)45(28(13-41)8-9-28)14-52-27(51)54-20-3-1-2-19(20)53-22(49)7-6-21(47)48;/h4-7,10-12,19-20H,1-3,8-9,14H2,(H,43,44)(H,47,48);1H4/b7-6+;/t19-,20-;/m0./s1. The molecule has 14 nitrogen and oxygen atoms in total. The van der Waals surface area contributed by atoms with Gasteiger partial charge in [0.05, 0.1) is 22.9 Å². The van der Waals surface area contributed by atoms with Crippen molar-refractivity contribution in [1.29, 1.82) is 5.26 Å². The van der Waals surface area contributed by atoms with Gasteiger partial charge in [-0.3, -0.25) is 14.8 Å². The molecule has 2 aliphatic rings. The van der Waals surface area contributed by atoms with Crippen molar-refractivity contribution < 1.29 is 73.6 Å². The molecule has 2 aliphatic carbocycles. The molecule has 0 radical (unpaired) electrons. The lowest BCUT2D eigenvalue weighted by atomic mass is 10.0. The Bertz CT molecular complexity index is 2040. The Balaban J connectivity index is 0.00000673. The van der Waals surface area contributed by atoms with E-state index in [4.69, 9.17) is 30.9 Å². The molecule has 2 saturated carbocycles. The van der Waals surface area contributed by atoms with Gasteiger partial charge < -0.3 is 19.3 Å².